The van der Waals surface area contributed by atoms with Gasteiger partial charge in [-0.1, -0.05) is 13.8 Å². The monoisotopic (exact) mass is 248 g/mol. The van der Waals surface area contributed by atoms with Crippen LogP contribution in [0.5, 0.6) is 0 Å². The van der Waals surface area contributed by atoms with Gasteiger partial charge in [-0.25, -0.2) is 0 Å². The average Bonchev–Trinajstić information content (AvgIpc) is 2.17. The molecule has 98 valence electrons. The summed E-state index contributed by atoms with van der Waals surface area (Å²) in [5.74, 6) is 1.75. The van der Waals surface area contributed by atoms with Crippen LogP contribution in [0.25, 0.3) is 0 Å². The molecule has 0 saturated heterocycles. The molecule has 0 aliphatic rings. The SMILES string of the molecule is CSCC(C)N(C)CC(O)CNCC(C)C. The Hall–Kier alpha value is 0.230. The molecule has 0 aromatic rings. The number of likely N-dealkylation sites (N-methyl/N-ethyl adjacent to an activating group) is 1. The maximum Gasteiger partial charge on any atom is 0.0791 e. The number of thioether (sulfide) groups is 1. The topological polar surface area (TPSA) is 35.5 Å². The Morgan fingerprint density at radius 1 is 1.25 bits per heavy atom. The summed E-state index contributed by atoms with van der Waals surface area (Å²) in [5, 5.41) is 13.1. The van der Waals surface area contributed by atoms with E-state index in [-0.39, 0.29) is 6.10 Å². The van der Waals surface area contributed by atoms with Crippen molar-refractivity contribution in [1.29, 1.82) is 0 Å². The van der Waals surface area contributed by atoms with Gasteiger partial charge < -0.3 is 15.3 Å². The van der Waals surface area contributed by atoms with Crippen molar-refractivity contribution in [2.75, 3.05) is 38.7 Å². The number of hydrogen-bond acceptors (Lipinski definition) is 4. The molecule has 0 rings (SSSR count). The van der Waals surface area contributed by atoms with Crippen molar-refractivity contribution in [2.24, 2.45) is 5.92 Å². The van der Waals surface area contributed by atoms with Crippen LogP contribution in [0.15, 0.2) is 0 Å². The van der Waals surface area contributed by atoms with E-state index in [4.69, 9.17) is 0 Å². The highest BCUT2D eigenvalue weighted by atomic mass is 32.2. The molecule has 0 aliphatic heterocycles. The molecule has 0 aromatic heterocycles. The Bertz CT molecular complexity index is 167. The van der Waals surface area contributed by atoms with E-state index in [0.29, 0.717) is 18.5 Å². The molecule has 0 spiro atoms. The normalized spacial score (nSPS) is 15.8. The van der Waals surface area contributed by atoms with Gasteiger partial charge in [-0.05, 0) is 32.7 Å². The number of aliphatic hydroxyl groups excluding tert-OH is 1. The Balaban J connectivity index is 3.64. The fraction of sp³-hybridized carbons (Fsp3) is 1.00. The molecular weight excluding hydrogens is 220 g/mol. The van der Waals surface area contributed by atoms with Gasteiger partial charge in [0.2, 0.25) is 0 Å². The Morgan fingerprint density at radius 2 is 1.88 bits per heavy atom. The summed E-state index contributed by atoms with van der Waals surface area (Å²) in [7, 11) is 2.08. The third kappa shape index (κ3) is 8.39. The molecule has 3 nitrogen and oxygen atoms in total. The Labute approximate surface area is 105 Å². The van der Waals surface area contributed by atoms with Gasteiger partial charge in [-0.2, -0.15) is 11.8 Å². The number of rotatable bonds is 9. The van der Waals surface area contributed by atoms with E-state index in [9.17, 15) is 5.11 Å². The van der Waals surface area contributed by atoms with Crippen molar-refractivity contribution in [3.8, 4) is 0 Å². The molecule has 0 fully saturated rings. The third-order valence-corrected chi connectivity index (χ3v) is 3.41. The highest BCUT2D eigenvalue weighted by molar-refractivity contribution is 7.98. The molecule has 2 atom stereocenters. The van der Waals surface area contributed by atoms with E-state index in [0.717, 1.165) is 18.8 Å². The van der Waals surface area contributed by atoms with Crippen LogP contribution in [0.3, 0.4) is 0 Å². The molecule has 4 heteroatoms. The Morgan fingerprint density at radius 3 is 2.38 bits per heavy atom. The summed E-state index contributed by atoms with van der Waals surface area (Å²) >= 11 is 1.85. The first-order valence-corrected chi connectivity index (χ1v) is 7.44. The molecule has 2 unspecified atom stereocenters. The van der Waals surface area contributed by atoms with Gasteiger partial charge in [0, 0.05) is 24.9 Å². The summed E-state index contributed by atoms with van der Waals surface area (Å²) < 4.78 is 0. The van der Waals surface area contributed by atoms with Gasteiger partial charge in [0.05, 0.1) is 6.10 Å². The van der Waals surface area contributed by atoms with Crippen molar-refractivity contribution in [1.82, 2.24) is 10.2 Å². The van der Waals surface area contributed by atoms with E-state index in [2.05, 4.69) is 44.3 Å². The van der Waals surface area contributed by atoms with Crippen LogP contribution < -0.4 is 5.32 Å². The smallest absolute Gasteiger partial charge is 0.0791 e. The quantitative estimate of drug-likeness (QED) is 0.644. The van der Waals surface area contributed by atoms with Gasteiger partial charge >= 0.3 is 0 Å². The minimum absolute atomic E-state index is 0.270. The second-order valence-corrected chi connectivity index (χ2v) is 5.86. The summed E-state index contributed by atoms with van der Waals surface area (Å²) in [6, 6.07) is 0.523. The van der Waals surface area contributed by atoms with Crippen molar-refractivity contribution in [3.05, 3.63) is 0 Å². The minimum atomic E-state index is -0.270. The summed E-state index contributed by atoms with van der Waals surface area (Å²) in [6.07, 6.45) is 1.85. The lowest BCUT2D eigenvalue weighted by atomic mass is 10.2. The van der Waals surface area contributed by atoms with Crippen LogP contribution in [0.4, 0.5) is 0 Å². The molecule has 0 saturated carbocycles. The van der Waals surface area contributed by atoms with Crippen molar-refractivity contribution in [2.45, 2.75) is 32.9 Å². The van der Waals surface area contributed by atoms with Crippen LogP contribution in [-0.2, 0) is 0 Å². The molecular formula is C12H28N2OS. The van der Waals surface area contributed by atoms with Gasteiger partial charge in [0.25, 0.3) is 0 Å². The first kappa shape index (κ1) is 16.2. The second kappa shape index (κ2) is 9.28. The fourth-order valence-electron chi connectivity index (χ4n) is 1.48. The molecule has 0 amide bonds. The van der Waals surface area contributed by atoms with Gasteiger partial charge in [-0.3, -0.25) is 0 Å². The van der Waals surface area contributed by atoms with Crippen LogP contribution in [-0.4, -0.2) is 60.8 Å². The lowest BCUT2D eigenvalue weighted by molar-refractivity contribution is 0.111. The second-order valence-electron chi connectivity index (χ2n) is 4.95. The molecule has 16 heavy (non-hydrogen) atoms. The lowest BCUT2D eigenvalue weighted by Crippen LogP contribution is -2.41. The lowest BCUT2D eigenvalue weighted by Gasteiger charge is -2.26. The van der Waals surface area contributed by atoms with Gasteiger partial charge in [0.1, 0.15) is 0 Å². The molecule has 0 heterocycles. The first-order valence-electron chi connectivity index (χ1n) is 6.05. The predicted molar refractivity (Wildman–Crippen MR) is 74.2 cm³/mol. The van der Waals surface area contributed by atoms with Crippen molar-refractivity contribution >= 4 is 11.8 Å². The summed E-state index contributed by atoms with van der Waals surface area (Å²) in [4.78, 5) is 2.22. The van der Waals surface area contributed by atoms with Gasteiger partial charge in [-0.15, -0.1) is 0 Å². The van der Waals surface area contributed by atoms with Crippen LogP contribution in [0.2, 0.25) is 0 Å². The number of nitrogens with zero attached hydrogens (tertiary/aromatic N) is 1. The first-order chi connectivity index (χ1) is 7.47. The number of hydrogen-bond donors (Lipinski definition) is 2. The van der Waals surface area contributed by atoms with E-state index in [1.54, 1.807) is 0 Å². The number of aliphatic hydroxyl groups is 1. The average molecular weight is 248 g/mol. The maximum absolute atomic E-state index is 9.84. The molecule has 2 N–H and O–H groups in total. The van der Waals surface area contributed by atoms with E-state index < -0.39 is 0 Å². The van der Waals surface area contributed by atoms with E-state index in [1.807, 2.05) is 11.8 Å². The molecule has 0 radical (unpaired) electrons. The maximum atomic E-state index is 9.84. The highest BCUT2D eigenvalue weighted by Crippen LogP contribution is 2.04. The molecule has 0 aromatic carbocycles. The standard InChI is InChI=1S/C12H28N2OS/c1-10(2)6-13-7-12(15)8-14(4)11(3)9-16-5/h10-13,15H,6-9H2,1-5H3. The predicted octanol–water partition coefficient (Wildman–Crippen LogP) is 1.28. The van der Waals surface area contributed by atoms with E-state index >= 15 is 0 Å². The highest BCUT2D eigenvalue weighted by Gasteiger charge is 2.13. The summed E-state index contributed by atoms with van der Waals surface area (Å²) in [5.41, 5.74) is 0. The Kier molecular flexibility index (Phi) is 9.41. The molecule has 0 bridgehead atoms. The zero-order valence-corrected chi connectivity index (χ0v) is 12.2. The van der Waals surface area contributed by atoms with Crippen molar-refractivity contribution < 1.29 is 5.11 Å². The van der Waals surface area contributed by atoms with Crippen LogP contribution >= 0.6 is 11.8 Å². The van der Waals surface area contributed by atoms with Crippen molar-refractivity contribution in [3.63, 3.8) is 0 Å². The zero-order valence-electron chi connectivity index (χ0n) is 11.4. The number of nitrogens with one attached hydrogen (secondary N) is 1. The van der Waals surface area contributed by atoms with E-state index in [1.165, 1.54) is 0 Å². The minimum Gasteiger partial charge on any atom is -0.390 e. The largest absolute Gasteiger partial charge is 0.390 e. The van der Waals surface area contributed by atoms with Crippen LogP contribution in [0, 0.1) is 5.92 Å². The summed E-state index contributed by atoms with van der Waals surface area (Å²) in [6.45, 7) is 8.95. The third-order valence-electron chi connectivity index (χ3n) is 2.59. The zero-order chi connectivity index (χ0) is 12.6. The van der Waals surface area contributed by atoms with Crippen LogP contribution in [0.1, 0.15) is 20.8 Å². The van der Waals surface area contributed by atoms with Gasteiger partial charge in [0.15, 0.2) is 0 Å². The molecule has 0 aliphatic carbocycles. The fourth-order valence-corrected chi connectivity index (χ4v) is 2.22.